The Bertz CT molecular complexity index is 280. The summed E-state index contributed by atoms with van der Waals surface area (Å²) in [5.41, 5.74) is 0. The molecule has 0 aliphatic carbocycles. The quantitative estimate of drug-likeness (QED) is 0.728. The average Bonchev–Trinajstić information content (AvgIpc) is 2.75. The number of hydrogen-bond donors (Lipinski definition) is 2. The first-order valence-electron chi connectivity index (χ1n) is 4.36. The lowest BCUT2D eigenvalue weighted by Gasteiger charge is -2.03. The molecule has 1 aliphatic heterocycles. The number of rotatable bonds is 3. The highest BCUT2D eigenvalue weighted by Gasteiger charge is 2.03. The molecule has 0 amide bonds. The van der Waals surface area contributed by atoms with Crippen molar-refractivity contribution in [1.82, 2.24) is 15.6 Å². The van der Waals surface area contributed by atoms with Crippen molar-refractivity contribution < 1.29 is 0 Å². The number of nitrogens with zero attached hydrogens (tertiary/aromatic N) is 2. The van der Waals surface area contributed by atoms with E-state index in [4.69, 9.17) is 0 Å². The maximum atomic E-state index is 4.23. The van der Waals surface area contributed by atoms with Crippen LogP contribution in [0.5, 0.6) is 0 Å². The van der Waals surface area contributed by atoms with Gasteiger partial charge in [0.1, 0.15) is 0 Å². The molecule has 13 heavy (non-hydrogen) atoms. The molecule has 0 saturated carbocycles. The number of nitrogens with one attached hydrogen (secondary N) is 2. The van der Waals surface area contributed by atoms with Crippen molar-refractivity contribution in [2.45, 2.75) is 6.42 Å². The molecule has 2 heterocycles. The largest absolute Gasteiger partial charge is 0.356 e. The van der Waals surface area contributed by atoms with Gasteiger partial charge in [0, 0.05) is 31.1 Å². The van der Waals surface area contributed by atoms with Crippen molar-refractivity contribution in [3.8, 4) is 0 Å². The van der Waals surface area contributed by atoms with E-state index in [-0.39, 0.29) is 0 Å². The summed E-state index contributed by atoms with van der Waals surface area (Å²) in [5, 5.41) is 9.56. The van der Waals surface area contributed by atoms with Gasteiger partial charge in [-0.15, -0.1) is 11.3 Å². The summed E-state index contributed by atoms with van der Waals surface area (Å²) < 4.78 is 0. The molecule has 0 saturated heterocycles. The summed E-state index contributed by atoms with van der Waals surface area (Å²) in [6.07, 6.45) is 2.81. The summed E-state index contributed by atoms with van der Waals surface area (Å²) in [5.74, 6) is 0.927. The molecular formula is C8H12N4S. The predicted octanol–water partition coefficient (Wildman–Crippen LogP) is 0.234. The van der Waals surface area contributed by atoms with Crippen LogP contribution in [0.1, 0.15) is 5.01 Å². The Balaban J connectivity index is 1.69. The predicted molar refractivity (Wildman–Crippen MR) is 54.1 cm³/mol. The lowest BCUT2D eigenvalue weighted by molar-refractivity contribution is 0.832. The van der Waals surface area contributed by atoms with Gasteiger partial charge in [-0.05, 0) is 0 Å². The van der Waals surface area contributed by atoms with Crippen LogP contribution in [0.25, 0.3) is 0 Å². The smallest absolute Gasteiger partial charge is 0.191 e. The molecule has 1 aromatic heterocycles. The summed E-state index contributed by atoms with van der Waals surface area (Å²) in [4.78, 5) is 8.43. The lowest BCUT2D eigenvalue weighted by atomic mass is 10.4. The Morgan fingerprint density at radius 3 is 3.31 bits per heavy atom. The monoisotopic (exact) mass is 196 g/mol. The fourth-order valence-corrected chi connectivity index (χ4v) is 1.80. The fourth-order valence-electron chi connectivity index (χ4n) is 1.18. The van der Waals surface area contributed by atoms with Crippen LogP contribution < -0.4 is 10.6 Å². The van der Waals surface area contributed by atoms with Crippen LogP contribution in [-0.4, -0.2) is 30.6 Å². The molecule has 0 fully saturated rings. The van der Waals surface area contributed by atoms with Gasteiger partial charge in [0.25, 0.3) is 0 Å². The highest BCUT2D eigenvalue weighted by molar-refractivity contribution is 7.09. The van der Waals surface area contributed by atoms with Gasteiger partial charge < -0.3 is 10.6 Å². The standard InChI is InChI=1S/C8H12N4S/c1(7-9-5-6-13-7)2-10-8-11-3-4-12-8/h5-6H,1-4H2,(H2,10,11,12). The van der Waals surface area contributed by atoms with Crippen molar-refractivity contribution in [3.05, 3.63) is 16.6 Å². The molecule has 0 bridgehead atoms. The van der Waals surface area contributed by atoms with Gasteiger partial charge in [-0.25, -0.2) is 4.98 Å². The van der Waals surface area contributed by atoms with Gasteiger partial charge in [0.2, 0.25) is 0 Å². The fraction of sp³-hybridized carbons (Fsp3) is 0.500. The van der Waals surface area contributed by atoms with Crippen molar-refractivity contribution in [1.29, 1.82) is 0 Å². The second-order valence-corrected chi connectivity index (χ2v) is 3.74. The maximum absolute atomic E-state index is 4.23. The Morgan fingerprint density at radius 1 is 1.62 bits per heavy atom. The van der Waals surface area contributed by atoms with Crippen molar-refractivity contribution in [3.63, 3.8) is 0 Å². The topological polar surface area (TPSA) is 49.3 Å². The highest BCUT2D eigenvalue weighted by atomic mass is 32.1. The van der Waals surface area contributed by atoms with Crippen molar-refractivity contribution in [2.24, 2.45) is 4.99 Å². The Morgan fingerprint density at radius 2 is 2.62 bits per heavy atom. The number of aromatic nitrogens is 1. The number of guanidine groups is 1. The van der Waals surface area contributed by atoms with Crippen LogP contribution in [0.4, 0.5) is 0 Å². The van der Waals surface area contributed by atoms with Crippen LogP contribution in [0.15, 0.2) is 16.6 Å². The molecule has 1 aliphatic rings. The van der Waals surface area contributed by atoms with E-state index in [0.29, 0.717) is 0 Å². The zero-order valence-corrected chi connectivity index (χ0v) is 8.10. The maximum Gasteiger partial charge on any atom is 0.191 e. The number of hydrogen-bond acceptors (Lipinski definition) is 5. The molecule has 1 aromatic rings. The lowest BCUT2D eigenvalue weighted by Crippen LogP contribution is -2.34. The van der Waals surface area contributed by atoms with Crippen LogP contribution >= 0.6 is 11.3 Å². The number of thiazole rings is 1. The van der Waals surface area contributed by atoms with Gasteiger partial charge in [0.05, 0.1) is 11.6 Å². The highest BCUT2D eigenvalue weighted by Crippen LogP contribution is 2.03. The summed E-state index contributed by atoms with van der Waals surface area (Å²) in [6, 6.07) is 0. The molecule has 0 aromatic carbocycles. The van der Waals surface area contributed by atoms with E-state index in [1.807, 2.05) is 11.6 Å². The number of aliphatic imine (C=N–C) groups is 1. The minimum absolute atomic E-state index is 0.888. The van der Waals surface area contributed by atoms with Crippen LogP contribution in [0, 0.1) is 0 Å². The molecule has 4 nitrogen and oxygen atoms in total. The molecule has 0 radical (unpaired) electrons. The third-order valence-electron chi connectivity index (χ3n) is 1.79. The summed E-state index contributed by atoms with van der Waals surface area (Å²) in [7, 11) is 0. The van der Waals surface area contributed by atoms with E-state index in [0.717, 1.165) is 32.0 Å². The molecule has 2 N–H and O–H groups in total. The first-order valence-corrected chi connectivity index (χ1v) is 5.24. The minimum Gasteiger partial charge on any atom is -0.356 e. The van der Waals surface area contributed by atoms with Crippen molar-refractivity contribution in [2.75, 3.05) is 19.6 Å². The van der Waals surface area contributed by atoms with Crippen LogP contribution in [-0.2, 0) is 6.42 Å². The van der Waals surface area contributed by atoms with Gasteiger partial charge in [0.15, 0.2) is 5.96 Å². The van der Waals surface area contributed by atoms with E-state index in [1.165, 1.54) is 5.01 Å². The average molecular weight is 196 g/mol. The molecule has 0 atom stereocenters. The minimum atomic E-state index is 0.888. The molecule has 70 valence electrons. The molecule has 0 unspecified atom stereocenters. The molecular weight excluding hydrogens is 184 g/mol. The summed E-state index contributed by atoms with van der Waals surface area (Å²) in [6.45, 7) is 2.75. The zero-order valence-electron chi connectivity index (χ0n) is 7.29. The van der Waals surface area contributed by atoms with Gasteiger partial charge in [-0.1, -0.05) is 0 Å². The van der Waals surface area contributed by atoms with E-state index < -0.39 is 0 Å². The Labute approximate surface area is 81.1 Å². The van der Waals surface area contributed by atoms with Gasteiger partial charge in [-0.3, -0.25) is 4.99 Å². The van der Waals surface area contributed by atoms with E-state index in [2.05, 4.69) is 20.6 Å². The Kier molecular flexibility index (Phi) is 2.76. The summed E-state index contributed by atoms with van der Waals surface area (Å²) >= 11 is 1.69. The first kappa shape index (κ1) is 8.50. The third kappa shape index (κ3) is 2.42. The molecule has 2 rings (SSSR count). The second kappa shape index (κ2) is 4.23. The zero-order chi connectivity index (χ0) is 8.93. The van der Waals surface area contributed by atoms with Crippen molar-refractivity contribution >= 4 is 17.3 Å². The van der Waals surface area contributed by atoms with E-state index in [1.54, 1.807) is 11.3 Å². The second-order valence-electron chi connectivity index (χ2n) is 2.76. The Hall–Kier alpha value is -1.10. The SMILES string of the molecule is c1csc(CCNC2=NCCN2)n1. The normalized spacial score (nSPS) is 15.2. The van der Waals surface area contributed by atoms with Crippen LogP contribution in [0.3, 0.4) is 0 Å². The molecule has 5 heteroatoms. The van der Waals surface area contributed by atoms with Gasteiger partial charge >= 0.3 is 0 Å². The third-order valence-corrected chi connectivity index (χ3v) is 2.63. The van der Waals surface area contributed by atoms with E-state index in [9.17, 15) is 0 Å². The van der Waals surface area contributed by atoms with Gasteiger partial charge in [-0.2, -0.15) is 0 Å². The van der Waals surface area contributed by atoms with E-state index >= 15 is 0 Å². The first-order chi connectivity index (χ1) is 6.45. The van der Waals surface area contributed by atoms with Crippen LogP contribution in [0.2, 0.25) is 0 Å². The molecule has 0 spiro atoms.